The summed E-state index contributed by atoms with van der Waals surface area (Å²) >= 11 is 0. The topological polar surface area (TPSA) is 0 Å². The Balaban J connectivity index is 2.83. The third-order valence-corrected chi connectivity index (χ3v) is 3.75. The molecule has 0 bridgehead atoms. The zero-order valence-electron chi connectivity index (χ0n) is 11.7. The van der Waals surface area contributed by atoms with Crippen LogP contribution < -0.4 is 0 Å². The van der Waals surface area contributed by atoms with Gasteiger partial charge in [0.15, 0.2) is 0 Å². The van der Waals surface area contributed by atoms with E-state index in [1.165, 1.54) is 18.9 Å². The molecule has 0 fully saturated rings. The summed E-state index contributed by atoms with van der Waals surface area (Å²) in [4.78, 5) is 0. The summed E-state index contributed by atoms with van der Waals surface area (Å²) in [6.45, 7) is 6.39. The Labute approximate surface area is 109 Å². The van der Waals surface area contributed by atoms with Crippen LogP contribution in [0.2, 0.25) is 0 Å². The standard InChI is InChI=1S/C16H24F2/c1-4-6-8-13(7-5-2)12(3)15-10-9-14(17)11-16(15)18/h9-13H,4-8H2,1-3H3/t12-,13?/m0/s1. The van der Waals surface area contributed by atoms with Crippen molar-refractivity contribution in [3.63, 3.8) is 0 Å². The molecular formula is C16H24F2. The van der Waals surface area contributed by atoms with Crippen LogP contribution in [0, 0.1) is 17.6 Å². The first-order valence-corrected chi connectivity index (χ1v) is 7.05. The monoisotopic (exact) mass is 254 g/mol. The van der Waals surface area contributed by atoms with E-state index in [4.69, 9.17) is 0 Å². The molecule has 0 amide bonds. The molecule has 0 saturated heterocycles. The van der Waals surface area contributed by atoms with E-state index in [-0.39, 0.29) is 5.92 Å². The summed E-state index contributed by atoms with van der Waals surface area (Å²) in [5.74, 6) is -0.240. The Kier molecular flexibility index (Phi) is 6.31. The lowest BCUT2D eigenvalue weighted by atomic mass is 9.81. The second-order valence-corrected chi connectivity index (χ2v) is 5.15. The molecule has 0 aliphatic carbocycles. The molecule has 2 heteroatoms. The normalized spacial score (nSPS) is 14.5. The van der Waals surface area contributed by atoms with Crippen LogP contribution in [0.25, 0.3) is 0 Å². The molecule has 0 radical (unpaired) electrons. The smallest absolute Gasteiger partial charge is 0.129 e. The highest BCUT2D eigenvalue weighted by molar-refractivity contribution is 5.22. The summed E-state index contributed by atoms with van der Waals surface area (Å²) in [5.41, 5.74) is 0.658. The van der Waals surface area contributed by atoms with Gasteiger partial charge in [-0.2, -0.15) is 0 Å². The van der Waals surface area contributed by atoms with Gasteiger partial charge in [0.2, 0.25) is 0 Å². The van der Waals surface area contributed by atoms with Crippen molar-refractivity contribution in [3.8, 4) is 0 Å². The molecule has 1 aromatic rings. The highest BCUT2D eigenvalue weighted by Gasteiger charge is 2.20. The third-order valence-electron chi connectivity index (χ3n) is 3.75. The largest absolute Gasteiger partial charge is 0.207 e. The van der Waals surface area contributed by atoms with E-state index >= 15 is 0 Å². The van der Waals surface area contributed by atoms with E-state index in [2.05, 4.69) is 20.8 Å². The molecule has 2 atom stereocenters. The van der Waals surface area contributed by atoms with Gasteiger partial charge < -0.3 is 0 Å². The van der Waals surface area contributed by atoms with Crippen molar-refractivity contribution in [1.82, 2.24) is 0 Å². The second-order valence-electron chi connectivity index (χ2n) is 5.15. The molecule has 0 spiro atoms. The van der Waals surface area contributed by atoms with E-state index < -0.39 is 11.6 Å². The zero-order chi connectivity index (χ0) is 13.5. The SMILES string of the molecule is CCCCC(CCC)[C@H](C)c1ccc(F)cc1F. The van der Waals surface area contributed by atoms with Gasteiger partial charge >= 0.3 is 0 Å². The predicted molar refractivity (Wildman–Crippen MR) is 72.7 cm³/mol. The molecule has 0 aliphatic heterocycles. The first kappa shape index (κ1) is 15.1. The molecule has 0 aromatic heterocycles. The lowest BCUT2D eigenvalue weighted by Gasteiger charge is -2.24. The fourth-order valence-corrected chi connectivity index (χ4v) is 2.61. The van der Waals surface area contributed by atoms with Crippen molar-refractivity contribution in [2.24, 2.45) is 5.92 Å². The van der Waals surface area contributed by atoms with Crippen LogP contribution in [0.1, 0.15) is 64.4 Å². The van der Waals surface area contributed by atoms with Crippen LogP contribution in [-0.4, -0.2) is 0 Å². The Hall–Kier alpha value is -0.920. The molecule has 1 unspecified atom stereocenters. The number of halogens is 2. The first-order chi connectivity index (χ1) is 8.60. The van der Waals surface area contributed by atoms with Gasteiger partial charge in [0, 0.05) is 6.07 Å². The number of rotatable bonds is 7. The lowest BCUT2D eigenvalue weighted by molar-refractivity contribution is 0.364. The van der Waals surface area contributed by atoms with Gasteiger partial charge in [0.1, 0.15) is 11.6 Å². The molecule has 0 saturated carbocycles. The molecule has 102 valence electrons. The average molecular weight is 254 g/mol. The first-order valence-electron chi connectivity index (χ1n) is 7.05. The van der Waals surface area contributed by atoms with Gasteiger partial charge in [-0.3, -0.25) is 0 Å². The van der Waals surface area contributed by atoms with Crippen LogP contribution in [0.4, 0.5) is 8.78 Å². The van der Waals surface area contributed by atoms with Gasteiger partial charge in [0.05, 0.1) is 0 Å². The highest BCUT2D eigenvalue weighted by Crippen LogP contribution is 2.33. The molecular weight excluding hydrogens is 230 g/mol. The van der Waals surface area contributed by atoms with E-state index in [1.54, 1.807) is 6.07 Å². The molecule has 0 N–H and O–H groups in total. The number of unbranched alkanes of at least 4 members (excludes halogenated alkanes) is 1. The van der Waals surface area contributed by atoms with Gasteiger partial charge in [-0.25, -0.2) is 8.78 Å². The third kappa shape index (κ3) is 4.08. The number of benzene rings is 1. The Morgan fingerprint density at radius 2 is 1.78 bits per heavy atom. The van der Waals surface area contributed by atoms with Crippen molar-refractivity contribution >= 4 is 0 Å². The van der Waals surface area contributed by atoms with Crippen molar-refractivity contribution in [1.29, 1.82) is 0 Å². The van der Waals surface area contributed by atoms with Crippen LogP contribution in [0.15, 0.2) is 18.2 Å². The lowest BCUT2D eigenvalue weighted by Crippen LogP contribution is -2.12. The highest BCUT2D eigenvalue weighted by atomic mass is 19.1. The summed E-state index contributed by atoms with van der Waals surface area (Å²) in [5, 5.41) is 0. The van der Waals surface area contributed by atoms with Crippen LogP contribution in [-0.2, 0) is 0 Å². The van der Waals surface area contributed by atoms with Crippen LogP contribution in [0.3, 0.4) is 0 Å². The van der Waals surface area contributed by atoms with E-state index in [0.717, 1.165) is 25.3 Å². The Bertz CT molecular complexity index is 360. The molecule has 1 aromatic carbocycles. The van der Waals surface area contributed by atoms with Crippen molar-refractivity contribution < 1.29 is 8.78 Å². The minimum Gasteiger partial charge on any atom is -0.207 e. The second kappa shape index (κ2) is 7.50. The molecule has 0 heterocycles. The fourth-order valence-electron chi connectivity index (χ4n) is 2.61. The quantitative estimate of drug-likeness (QED) is 0.587. The van der Waals surface area contributed by atoms with E-state index in [9.17, 15) is 8.78 Å². The van der Waals surface area contributed by atoms with Gasteiger partial charge in [-0.1, -0.05) is 52.5 Å². The predicted octanol–water partition coefficient (Wildman–Crippen LogP) is 5.67. The summed E-state index contributed by atoms with van der Waals surface area (Å²) in [7, 11) is 0. The van der Waals surface area contributed by atoms with Gasteiger partial charge in [-0.15, -0.1) is 0 Å². The summed E-state index contributed by atoms with van der Waals surface area (Å²) < 4.78 is 26.7. The minimum atomic E-state index is -0.496. The maximum Gasteiger partial charge on any atom is 0.129 e. The maximum absolute atomic E-state index is 13.8. The minimum absolute atomic E-state index is 0.164. The molecule has 0 nitrogen and oxygen atoms in total. The zero-order valence-corrected chi connectivity index (χ0v) is 11.7. The molecule has 0 aliphatic rings. The van der Waals surface area contributed by atoms with Crippen molar-refractivity contribution in [2.45, 2.75) is 58.8 Å². The molecule has 1 rings (SSSR count). The fraction of sp³-hybridized carbons (Fsp3) is 0.625. The molecule has 18 heavy (non-hydrogen) atoms. The summed E-state index contributed by atoms with van der Waals surface area (Å²) in [6.07, 6.45) is 5.69. The van der Waals surface area contributed by atoms with Crippen LogP contribution >= 0.6 is 0 Å². The van der Waals surface area contributed by atoms with Gasteiger partial charge in [-0.05, 0) is 29.9 Å². The summed E-state index contributed by atoms with van der Waals surface area (Å²) in [6, 6.07) is 3.95. The number of hydrogen-bond donors (Lipinski definition) is 0. The Morgan fingerprint density at radius 1 is 1.06 bits per heavy atom. The van der Waals surface area contributed by atoms with Crippen molar-refractivity contribution in [3.05, 3.63) is 35.4 Å². The average Bonchev–Trinajstić information content (AvgIpc) is 2.33. The van der Waals surface area contributed by atoms with Gasteiger partial charge in [0.25, 0.3) is 0 Å². The van der Waals surface area contributed by atoms with Crippen molar-refractivity contribution in [2.75, 3.05) is 0 Å². The maximum atomic E-state index is 13.8. The Morgan fingerprint density at radius 3 is 2.33 bits per heavy atom. The van der Waals surface area contributed by atoms with Crippen LogP contribution in [0.5, 0.6) is 0 Å². The van der Waals surface area contributed by atoms with E-state index in [0.29, 0.717) is 11.5 Å². The van der Waals surface area contributed by atoms with E-state index in [1.807, 2.05) is 0 Å². The number of hydrogen-bond acceptors (Lipinski definition) is 0.